The van der Waals surface area contributed by atoms with Crippen molar-refractivity contribution in [2.45, 2.75) is 25.4 Å². The number of nitrogens with zero attached hydrogens (tertiary/aromatic N) is 3. The van der Waals surface area contributed by atoms with Crippen molar-refractivity contribution in [1.29, 1.82) is 0 Å². The van der Waals surface area contributed by atoms with Crippen LogP contribution in [0.2, 0.25) is 0 Å². The average molecular weight is 369 g/mol. The lowest BCUT2D eigenvalue weighted by Crippen LogP contribution is -2.08. The summed E-state index contributed by atoms with van der Waals surface area (Å²) in [6, 6.07) is 19.5. The number of aryl methyl sites for hydroxylation is 2. The van der Waals surface area contributed by atoms with Crippen molar-refractivity contribution >= 4 is 22.4 Å². The van der Waals surface area contributed by atoms with Crippen LogP contribution in [-0.4, -0.2) is 14.5 Å². The highest BCUT2D eigenvalue weighted by molar-refractivity contribution is 5.83. The van der Waals surface area contributed by atoms with Gasteiger partial charge in [-0.25, -0.2) is 9.97 Å². The molecule has 0 saturated heterocycles. The summed E-state index contributed by atoms with van der Waals surface area (Å²) in [5.74, 6) is 0.934. The van der Waals surface area contributed by atoms with Gasteiger partial charge in [0.05, 0.1) is 30.1 Å². The van der Waals surface area contributed by atoms with E-state index in [0.717, 1.165) is 40.9 Å². The Morgan fingerprint density at radius 2 is 2.04 bits per heavy atom. The van der Waals surface area contributed by atoms with Crippen LogP contribution in [0.3, 0.4) is 0 Å². The fraction of sp³-hybridized carbons (Fsp3) is 0.217. The summed E-state index contributed by atoms with van der Waals surface area (Å²) in [5, 5.41) is 8.18. The molecular weight excluding hydrogens is 346 g/mol. The Bertz CT molecular complexity index is 1130. The van der Waals surface area contributed by atoms with Crippen LogP contribution in [0.4, 0.5) is 11.5 Å². The first-order valence-corrected chi connectivity index (χ1v) is 9.70. The lowest BCUT2D eigenvalue weighted by molar-refractivity contribution is 0.758. The molecule has 0 saturated carbocycles. The van der Waals surface area contributed by atoms with Crippen molar-refractivity contribution in [1.82, 2.24) is 14.5 Å². The first-order chi connectivity index (χ1) is 13.7. The third-order valence-corrected chi connectivity index (χ3v) is 5.38. The minimum absolute atomic E-state index is 0.348. The number of benzene rings is 2. The molecule has 2 N–H and O–H groups in total. The van der Waals surface area contributed by atoms with E-state index in [2.05, 4.69) is 70.2 Å². The van der Waals surface area contributed by atoms with Gasteiger partial charge >= 0.3 is 0 Å². The van der Waals surface area contributed by atoms with Crippen molar-refractivity contribution in [3.05, 3.63) is 83.9 Å². The molecule has 5 heteroatoms. The van der Waals surface area contributed by atoms with E-state index in [9.17, 15) is 0 Å². The van der Waals surface area contributed by atoms with Crippen molar-refractivity contribution in [3.8, 4) is 0 Å². The van der Waals surface area contributed by atoms with E-state index < -0.39 is 0 Å². The second-order valence-electron chi connectivity index (χ2n) is 7.42. The summed E-state index contributed by atoms with van der Waals surface area (Å²) in [7, 11) is 1.98. The Kier molecular flexibility index (Phi) is 4.20. The van der Waals surface area contributed by atoms with Gasteiger partial charge in [-0.1, -0.05) is 24.3 Å². The molecule has 0 spiro atoms. The molecule has 2 aromatic heterocycles. The van der Waals surface area contributed by atoms with Gasteiger partial charge in [-0.3, -0.25) is 0 Å². The largest absolute Gasteiger partial charge is 0.379 e. The zero-order chi connectivity index (χ0) is 18.9. The van der Waals surface area contributed by atoms with E-state index in [0.29, 0.717) is 12.6 Å². The Balaban J connectivity index is 1.31. The van der Waals surface area contributed by atoms with Crippen LogP contribution >= 0.6 is 0 Å². The predicted octanol–water partition coefficient (Wildman–Crippen LogP) is 4.68. The molecule has 0 radical (unpaired) electrons. The molecule has 28 heavy (non-hydrogen) atoms. The maximum atomic E-state index is 4.82. The SMILES string of the molecule is Cn1cnc(CNc2ccc3nc(N[C@@H]4CCc5ccccc54)ccc3c2)c1. The highest BCUT2D eigenvalue weighted by Crippen LogP contribution is 2.33. The Morgan fingerprint density at radius 1 is 1.11 bits per heavy atom. The first kappa shape index (κ1) is 16.8. The summed E-state index contributed by atoms with van der Waals surface area (Å²) in [5.41, 5.74) is 5.95. The third-order valence-electron chi connectivity index (χ3n) is 5.38. The van der Waals surface area contributed by atoms with Gasteiger partial charge in [0.2, 0.25) is 0 Å². The Labute approximate surface area is 164 Å². The molecule has 0 aliphatic heterocycles. The summed E-state index contributed by atoms with van der Waals surface area (Å²) in [6.45, 7) is 0.709. The number of fused-ring (bicyclic) bond motifs is 2. The number of pyridine rings is 1. The van der Waals surface area contributed by atoms with Gasteiger partial charge in [-0.15, -0.1) is 0 Å². The van der Waals surface area contributed by atoms with E-state index in [1.54, 1.807) is 0 Å². The Morgan fingerprint density at radius 3 is 2.93 bits per heavy atom. The van der Waals surface area contributed by atoms with Crippen molar-refractivity contribution in [2.75, 3.05) is 10.6 Å². The number of anilines is 2. The molecule has 5 nitrogen and oxygen atoms in total. The highest BCUT2D eigenvalue weighted by Gasteiger charge is 2.21. The molecular formula is C23H23N5. The van der Waals surface area contributed by atoms with Gasteiger partial charge in [-0.05, 0) is 54.3 Å². The number of hydrogen-bond acceptors (Lipinski definition) is 4. The minimum atomic E-state index is 0.348. The van der Waals surface area contributed by atoms with E-state index in [1.165, 1.54) is 11.1 Å². The van der Waals surface area contributed by atoms with Crippen molar-refractivity contribution in [3.63, 3.8) is 0 Å². The molecule has 0 amide bonds. The van der Waals surface area contributed by atoms with Crippen molar-refractivity contribution < 1.29 is 0 Å². The molecule has 1 aliphatic rings. The third kappa shape index (κ3) is 3.31. The molecule has 0 unspecified atom stereocenters. The zero-order valence-corrected chi connectivity index (χ0v) is 15.9. The van der Waals surface area contributed by atoms with Gasteiger partial charge in [0.25, 0.3) is 0 Å². The van der Waals surface area contributed by atoms with E-state index in [4.69, 9.17) is 4.98 Å². The van der Waals surface area contributed by atoms with Crippen LogP contribution in [0.1, 0.15) is 29.3 Å². The highest BCUT2D eigenvalue weighted by atomic mass is 15.0. The monoisotopic (exact) mass is 369 g/mol. The maximum Gasteiger partial charge on any atom is 0.127 e. The van der Waals surface area contributed by atoms with Crippen LogP contribution in [0.5, 0.6) is 0 Å². The number of rotatable bonds is 5. The molecule has 4 aromatic rings. The normalized spacial score (nSPS) is 15.5. The molecule has 5 rings (SSSR count). The first-order valence-electron chi connectivity index (χ1n) is 9.70. The molecule has 0 bridgehead atoms. The zero-order valence-electron chi connectivity index (χ0n) is 15.9. The lowest BCUT2D eigenvalue weighted by atomic mass is 10.1. The number of nitrogens with one attached hydrogen (secondary N) is 2. The quantitative estimate of drug-likeness (QED) is 0.536. The lowest BCUT2D eigenvalue weighted by Gasteiger charge is -2.15. The molecule has 2 aromatic carbocycles. The fourth-order valence-corrected chi connectivity index (χ4v) is 3.95. The predicted molar refractivity (Wildman–Crippen MR) is 113 cm³/mol. The van der Waals surface area contributed by atoms with Gasteiger partial charge in [0, 0.05) is 24.3 Å². The van der Waals surface area contributed by atoms with Gasteiger partial charge in [0.1, 0.15) is 5.82 Å². The summed E-state index contributed by atoms with van der Waals surface area (Å²) >= 11 is 0. The van der Waals surface area contributed by atoms with E-state index >= 15 is 0 Å². The molecule has 1 aliphatic carbocycles. The summed E-state index contributed by atoms with van der Waals surface area (Å²) in [4.78, 5) is 9.17. The minimum Gasteiger partial charge on any atom is -0.379 e. The second kappa shape index (κ2) is 7.00. The van der Waals surface area contributed by atoms with Gasteiger partial charge < -0.3 is 15.2 Å². The van der Waals surface area contributed by atoms with E-state index in [-0.39, 0.29) is 0 Å². The fourth-order valence-electron chi connectivity index (χ4n) is 3.95. The summed E-state index contributed by atoms with van der Waals surface area (Å²) in [6.07, 6.45) is 6.09. The van der Waals surface area contributed by atoms with Crippen LogP contribution < -0.4 is 10.6 Å². The smallest absolute Gasteiger partial charge is 0.127 e. The maximum absolute atomic E-state index is 4.82. The van der Waals surface area contributed by atoms with Gasteiger partial charge in [0.15, 0.2) is 0 Å². The number of aromatic nitrogens is 3. The molecule has 140 valence electrons. The van der Waals surface area contributed by atoms with Crippen LogP contribution in [0, 0.1) is 0 Å². The van der Waals surface area contributed by atoms with Crippen LogP contribution in [0.15, 0.2) is 67.1 Å². The summed E-state index contributed by atoms with van der Waals surface area (Å²) < 4.78 is 1.96. The molecule has 1 atom stereocenters. The molecule has 2 heterocycles. The van der Waals surface area contributed by atoms with Gasteiger partial charge in [-0.2, -0.15) is 0 Å². The second-order valence-corrected chi connectivity index (χ2v) is 7.42. The topological polar surface area (TPSA) is 54.8 Å². The average Bonchev–Trinajstić information content (AvgIpc) is 3.32. The van der Waals surface area contributed by atoms with Crippen LogP contribution in [-0.2, 0) is 20.0 Å². The number of hydrogen-bond donors (Lipinski definition) is 2. The Hall–Kier alpha value is -3.34. The standard InChI is InChI=1S/C23H23N5/c1-28-14-19(25-15-28)13-24-18-8-10-21-17(12-18)7-11-23(26-21)27-22-9-6-16-4-2-3-5-20(16)22/h2-5,7-8,10-12,14-15,22,24H,6,9,13H2,1H3,(H,26,27)/t22-/m1/s1. The van der Waals surface area contributed by atoms with Crippen LogP contribution in [0.25, 0.3) is 10.9 Å². The number of imidazole rings is 1. The molecule has 0 fully saturated rings. The van der Waals surface area contributed by atoms with Crippen molar-refractivity contribution in [2.24, 2.45) is 7.05 Å². The van der Waals surface area contributed by atoms with E-state index in [1.807, 2.05) is 24.1 Å².